The van der Waals surface area contributed by atoms with Crippen LogP contribution in [-0.2, 0) is 71.3 Å². The Morgan fingerprint density at radius 1 is 0.735 bits per heavy atom. The van der Waals surface area contributed by atoms with Crippen molar-refractivity contribution >= 4 is 96.1 Å². The van der Waals surface area contributed by atoms with E-state index in [1.165, 1.54) is 45.9 Å². The first kappa shape index (κ1) is 79.4. The molecule has 0 atom stereocenters. The summed E-state index contributed by atoms with van der Waals surface area (Å²) in [5.41, 5.74) is 0.869. The van der Waals surface area contributed by atoms with Crippen molar-refractivity contribution in [3.8, 4) is 17.4 Å². The van der Waals surface area contributed by atoms with Gasteiger partial charge < -0.3 is 33.4 Å². The Kier molecular flexibility index (Phi) is 28.1. The third-order valence-electron chi connectivity index (χ3n) is 15.6. The fraction of sp³-hybridized carbons (Fsp3) is 0.358. The number of methoxy groups -OCH3 is 3. The van der Waals surface area contributed by atoms with Gasteiger partial charge in [0, 0.05) is 53.9 Å². The van der Waals surface area contributed by atoms with Crippen molar-refractivity contribution in [2.45, 2.75) is 107 Å². The van der Waals surface area contributed by atoms with E-state index >= 15 is 0 Å². The highest BCUT2D eigenvalue weighted by Crippen LogP contribution is 2.41. The summed E-state index contributed by atoms with van der Waals surface area (Å²) >= 11 is 12.2. The van der Waals surface area contributed by atoms with Crippen molar-refractivity contribution in [2.75, 3.05) is 52.7 Å². The maximum Gasteiger partial charge on any atom is 0.411 e. The van der Waals surface area contributed by atoms with Gasteiger partial charge in [0.2, 0.25) is 27.7 Å². The number of ketones is 3. The van der Waals surface area contributed by atoms with Crippen LogP contribution in [0.1, 0.15) is 115 Å². The number of esters is 2. The standard InChI is InChI=1S/C18H17NO3.C17H16ClF3O6S.C16H20ClN5O2.C16H18N4O7S/c1-2-21-17(20)16-13-18(22-19-16,14-9-5-3-6-10-14)15-11-7-4-8-12-15;1-28(25,26)13-6-5-9(15(18)10(13)7-27-8-17(19,20)21)16(24)14-11(22)3-2-4-12(14)23;1-2-20(12-8-4-3-5-9-12)15(23)22-16(24)21(18-19-22)14-11-7-6-10-13(14)17;1-25-12-8-13(26-2)18-15(17-12)19-16(22)20-28(23,24)9-10-6-4-5-7-11(10)14(21)27-3/h3-12H,2,13H2,1H3;5-6,14H,2-4,7-8H2,1H3;6-7,10-12H,2-5,8-9H2,1H3;4-8H,9H2,1-3H3,(H2,17,18,19,20,22). The molecule has 3 amide bonds. The van der Waals surface area contributed by atoms with Crippen LogP contribution in [0.5, 0.6) is 11.8 Å². The molecule has 0 spiro atoms. The number of Topliss-reactive ketones (excluding diaryl/α,β-unsaturated/α-hetero) is 3. The van der Waals surface area contributed by atoms with E-state index < -0.39 is 113 Å². The number of nitrogens with zero attached hydrogens (tertiary/aromatic N) is 8. The lowest BCUT2D eigenvalue weighted by molar-refractivity contribution is -0.176. The zero-order chi connectivity index (χ0) is 74.5. The molecule has 28 nitrogen and oxygen atoms in total. The largest absolute Gasteiger partial charge is 0.481 e. The first-order chi connectivity index (χ1) is 48.5. The van der Waals surface area contributed by atoms with Gasteiger partial charge in [0.1, 0.15) is 12.5 Å². The van der Waals surface area contributed by atoms with Crippen LogP contribution in [-0.4, -0.2) is 158 Å². The number of para-hydroxylation sites is 1. The second-order valence-corrected chi connectivity index (χ2v) is 27.1. The molecule has 2 fully saturated rings. The fourth-order valence-corrected chi connectivity index (χ4v) is 13.5. The van der Waals surface area contributed by atoms with Crippen LogP contribution < -0.4 is 25.2 Å². The van der Waals surface area contributed by atoms with Gasteiger partial charge in [-0.15, -0.1) is 4.68 Å². The summed E-state index contributed by atoms with van der Waals surface area (Å²) in [4.78, 5) is 113. The lowest BCUT2D eigenvalue weighted by Crippen LogP contribution is -2.46. The molecule has 3 heterocycles. The van der Waals surface area contributed by atoms with Gasteiger partial charge in [0.05, 0.1) is 79.0 Å². The number of tetrazole rings is 1. The van der Waals surface area contributed by atoms with E-state index in [1.54, 1.807) is 48.2 Å². The molecular formula is C67H71Cl2F3N10O18S2. The second kappa shape index (κ2) is 36.1. The van der Waals surface area contributed by atoms with Gasteiger partial charge in [-0.1, -0.05) is 139 Å². The number of rotatable bonds is 20. The topological polar surface area (TPSA) is 361 Å². The van der Waals surface area contributed by atoms with Gasteiger partial charge in [-0.2, -0.15) is 27.8 Å². The summed E-state index contributed by atoms with van der Waals surface area (Å²) in [7, 11) is -4.14. The average molecular weight is 1500 g/mol. The number of aromatic nitrogens is 6. The zero-order valence-electron chi connectivity index (χ0n) is 55.8. The monoisotopic (exact) mass is 1490 g/mol. The number of benzene rings is 5. The molecule has 35 heteroatoms. The molecule has 10 rings (SSSR count). The summed E-state index contributed by atoms with van der Waals surface area (Å²) in [6.45, 7) is 2.07. The minimum absolute atomic E-state index is 0.0444. The minimum atomic E-state index is -4.65. The van der Waals surface area contributed by atoms with Crippen LogP contribution in [0.2, 0.25) is 10.0 Å². The van der Waals surface area contributed by atoms with Crippen LogP contribution in [0.15, 0.2) is 142 Å². The van der Waals surface area contributed by atoms with E-state index in [1.807, 2.05) is 72.3 Å². The third-order valence-corrected chi connectivity index (χ3v) is 18.8. The number of carbonyl (C=O) groups excluding carboxylic acids is 7. The number of ether oxygens (including phenoxy) is 5. The van der Waals surface area contributed by atoms with Crippen LogP contribution in [0.4, 0.5) is 28.7 Å². The molecule has 2 aromatic heterocycles. The molecule has 2 aliphatic carbocycles. The molecule has 102 heavy (non-hydrogen) atoms. The van der Waals surface area contributed by atoms with Crippen LogP contribution in [0.25, 0.3) is 5.69 Å². The van der Waals surface area contributed by atoms with Crippen LogP contribution >= 0.6 is 23.2 Å². The first-order valence-corrected chi connectivity index (χ1v) is 35.6. The summed E-state index contributed by atoms with van der Waals surface area (Å²) in [5.74, 6) is -5.32. The maximum atomic E-state index is 12.8. The highest BCUT2D eigenvalue weighted by molar-refractivity contribution is 7.90. The maximum absolute atomic E-state index is 12.8. The molecule has 7 aromatic rings. The number of sulfone groups is 1. The lowest BCUT2D eigenvalue weighted by atomic mass is 9.81. The molecule has 2 N–H and O–H groups in total. The Morgan fingerprint density at radius 2 is 1.32 bits per heavy atom. The molecule has 5 aromatic carbocycles. The molecule has 0 bridgehead atoms. The zero-order valence-corrected chi connectivity index (χ0v) is 59.0. The number of alkyl halides is 3. The predicted molar refractivity (Wildman–Crippen MR) is 364 cm³/mol. The Bertz CT molecular complexity index is 4430. The highest BCUT2D eigenvalue weighted by Gasteiger charge is 2.45. The molecule has 1 aliphatic heterocycles. The van der Waals surface area contributed by atoms with Gasteiger partial charge in [-0.3, -0.25) is 19.7 Å². The summed E-state index contributed by atoms with van der Waals surface area (Å²) < 4.78 is 113. The van der Waals surface area contributed by atoms with E-state index in [0.717, 1.165) is 64.6 Å². The number of anilines is 1. The van der Waals surface area contributed by atoms with Crippen LogP contribution in [0, 0.1) is 5.92 Å². The van der Waals surface area contributed by atoms with Gasteiger partial charge in [0.25, 0.3) is 0 Å². The van der Waals surface area contributed by atoms with Crippen molar-refractivity contribution in [3.05, 3.63) is 181 Å². The molecule has 2 saturated carbocycles. The summed E-state index contributed by atoms with van der Waals surface area (Å²) in [6, 6.07) is 34.5. The van der Waals surface area contributed by atoms with E-state index in [-0.39, 0.29) is 58.8 Å². The number of oxime groups is 1. The molecule has 544 valence electrons. The minimum Gasteiger partial charge on any atom is -0.481 e. The fourth-order valence-electron chi connectivity index (χ4n) is 10.9. The number of carbonyl (C=O) groups is 7. The van der Waals surface area contributed by atoms with Gasteiger partial charge in [0.15, 0.2) is 38.5 Å². The van der Waals surface area contributed by atoms with Gasteiger partial charge >= 0.3 is 35.9 Å². The summed E-state index contributed by atoms with van der Waals surface area (Å²) in [5, 5.41) is 13.7. The number of amides is 3. The first-order valence-electron chi connectivity index (χ1n) is 31.3. The van der Waals surface area contributed by atoms with Gasteiger partial charge in [-0.25, -0.2) is 45.5 Å². The molecule has 0 unspecified atom stereocenters. The van der Waals surface area contributed by atoms with E-state index in [4.69, 9.17) is 42.3 Å². The Labute approximate surface area is 593 Å². The molecule has 0 saturated heterocycles. The average Bonchev–Trinajstić information content (AvgIpc) is 1.54. The Balaban J connectivity index is 0.000000191. The SMILES string of the molecule is CCN(C(=O)n1nnn(-c2ccccc2Cl)c1=O)C1CCCCC1.CCOC(=O)C1=NOC(c2ccccc2)(c2ccccc2)C1.COC(=O)c1ccccc1CS(=O)(=O)NC(=O)Nc1nc(OC)cc(OC)n1.CS(=O)(=O)c1ccc(C(=O)C2C(=O)CCCC2=O)c(Cl)c1COCC(F)(F)F. The quantitative estimate of drug-likeness (QED) is 0.0310. The van der Waals surface area contributed by atoms with Crippen molar-refractivity contribution in [1.29, 1.82) is 0 Å². The van der Waals surface area contributed by atoms with Gasteiger partial charge in [-0.05, 0) is 79.4 Å². The number of hydrogen-bond donors (Lipinski definition) is 2. The predicted octanol–water partition coefficient (Wildman–Crippen LogP) is 9.85. The van der Waals surface area contributed by atoms with Crippen molar-refractivity contribution in [1.82, 2.24) is 39.4 Å². The van der Waals surface area contributed by atoms with Crippen molar-refractivity contribution in [2.24, 2.45) is 11.1 Å². The highest BCUT2D eigenvalue weighted by atomic mass is 35.5. The van der Waals surface area contributed by atoms with Crippen LogP contribution in [0.3, 0.4) is 0 Å². The van der Waals surface area contributed by atoms with E-state index in [0.29, 0.717) is 42.4 Å². The molecular weight excluding hydrogens is 1420 g/mol. The van der Waals surface area contributed by atoms with E-state index in [9.17, 15) is 68.4 Å². The number of halogens is 5. The summed E-state index contributed by atoms with van der Waals surface area (Å²) in [6.07, 6.45) is 2.30. The van der Waals surface area contributed by atoms with E-state index in [2.05, 4.69) is 40.3 Å². The number of urea groups is 1. The Hall–Kier alpha value is -9.96. The second-order valence-electron chi connectivity index (χ2n) is 22.6. The lowest BCUT2D eigenvalue weighted by Gasteiger charge is -2.32. The normalized spacial score (nSPS) is 14.5. The van der Waals surface area contributed by atoms with Crippen molar-refractivity contribution in [3.63, 3.8) is 0 Å². The number of hydrogen-bond acceptors (Lipinski definition) is 23. The molecule has 0 radical (unpaired) electrons. The van der Waals surface area contributed by atoms with Crippen molar-refractivity contribution < 1.29 is 92.1 Å². The number of nitrogens with one attached hydrogen (secondary N) is 2. The smallest absolute Gasteiger partial charge is 0.411 e. The molecule has 3 aliphatic rings. The third kappa shape index (κ3) is 20.8. The Morgan fingerprint density at radius 3 is 1.88 bits per heavy atom. The number of sulfonamides is 1.